The molecule has 8 heteroatoms. The molecular formula is C22H24O6S2. The van der Waals surface area contributed by atoms with Gasteiger partial charge in [-0.05, 0) is 31.2 Å². The summed E-state index contributed by atoms with van der Waals surface area (Å²) in [4.78, 5) is 0.831. The number of methoxy groups -OCH3 is 3. The van der Waals surface area contributed by atoms with Crippen molar-refractivity contribution in [1.29, 1.82) is 0 Å². The Morgan fingerprint density at radius 1 is 0.733 bits per heavy atom. The molecule has 0 bridgehead atoms. The summed E-state index contributed by atoms with van der Waals surface area (Å²) in [5.74, 6) is 2.28. The average Bonchev–Trinajstić information content (AvgIpc) is 2.75. The Balaban J connectivity index is 0.000000222. The Morgan fingerprint density at radius 2 is 1.27 bits per heavy atom. The van der Waals surface area contributed by atoms with E-state index in [1.165, 1.54) is 12.1 Å². The summed E-state index contributed by atoms with van der Waals surface area (Å²) in [5, 5.41) is 0. The molecule has 0 aliphatic rings. The molecule has 160 valence electrons. The maximum absolute atomic E-state index is 11.9. The molecule has 0 fully saturated rings. The fourth-order valence-electron chi connectivity index (χ4n) is 2.34. The molecule has 0 aliphatic heterocycles. The van der Waals surface area contributed by atoms with Crippen LogP contribution >= 0.6 is 12.6 Å². The van der Waals surface area contributed by atoms with Gasteiger partial charge in [-0.15, -0.1) is 12.6 Å². The molecule has 0 amide bonds. The van der Waals surface area contributed by atoms with Crippen molar-refractivity contribution < 1.29 is 26.8 Å². The van der Waals surface area contributed by atoms with Crippen LogP contribution in [0.1, 0.15) is 5.56 Å². The van der Waals surface area contributed by atoms with Crippen molar-refractivity contribution >= 4 is 22.7 Å². The number of hydrogen-bond acceptors (Lipinski definition) is 7. The lowest BCUT2D eigenvalue weighted by Gasteiger charge is -2.10. The molecule has 0 heterocycles. The van der Waals surface area contributed by atoms with E-state index in [0.29, 0.717) is 27.9 Å². The van der Waals surface area contributed by atoms with Gasteiger partial charge in [0.2, 0.25) is 0 Å². The van der Waals surface area contributed by atoms with Gasteiger partial charge in [-0.3, -0.25) is 0 Å². The minimum absolute atomic E-state index is 0.159. The third-order valence-electron chi connectivity index (χ3n) is 3.95. The first kappa shape index (κ1) is 23.4. The summed E-state index contributed by atoms with van der Waals surface area (Å²) in [6.45, 7) is 1.90. The van der Waals surface area contributed by atoms with E-state index in [1.807, 2.05) is 6.92 Å². The number of aryl methyl sites for hydroxylation is 1. The lowest BCUT2D eigenvalue weighted by molar-refractivity contribution is 0.362. The highest BCUT2D eigenvalue weighted by atomic mass is 32.2. The van der Waals surface area contributed by atoms with E-state index < -0.39 is 10.1 Å². The molecule has 0 radical (unpaired) electrons. The Morgan fingerprint density at radius 3 is 1.73 bits per heavy atom. The zero-order valence-electron chi connectivity index (χ0n) is 17.2. The van der Waals surface area contributed by atoms with Gasteiger partial charge < -0.3 is 18.4 Å². The normalized spacial score (nSPS) is 10.4. The Hall–Kier alpha value is -2.84. The first-order valence-corrected chi connectivity index (χ1v) is 10.7. The number of benzene rings is 3. The van der Waals surface area contributed by atoms with E-state index in [2.05, 4.69) is 12.6 Å². The predicted octanol–water partition coefficient (Wildman–Crippen LogP) is 4.76. The summed E-state index contributed by atoms with van der Waals surface area (Å²) >= 11 is 4.25. The van der Waals surface area contributed by atoms with E-state index in [0.717, 1.165) is 5.56 Å². The minimum atomic E-state index is -3.73. The molecule has 0 N–H and O–H groups in total. The molecule has 0 aliphatic carbocycles. The molecule has 3 aromatic carbocycles. The van der Waals surface area contributed by atoms with Crippen LogP contribution in [0.25, 0.3) is 0 Å². The van der Waals surface area contributed by atoms with Crippen LogP contribution in [0.15, 0.2) is 76.5 Å². The molecule has 0 spiro atoms. The Bertz CT molecular complexity index is 1020. The molecule has 6 nitrogen and oxygen atoms in total. The maximum atomic E-state index is 11.9. The molecule has 30 heavy (non-hydrogen) atoms. The van der Waals surface area contributed by atoms with Gasteiger partial charge in [0.25, 0.3) is 0 Å². The highest BCUT2D eigenvalue weighted by Crippen LogP contribution is 2.36. The molecule has 0 unspecified atom stereocenters. The largest absolute Gasteiger partial charge is 0.496 e. The van der Waals surface area contributed by atoms with Crippen LogP contribution in [0, 0.1) is 6.92 Å². The van der Waals surface area contributed by atoms with Gasteiger partial charge in [0.15, 0.2) is 0 Å². The van der Waals surface area contributed by atoms with Crippen molar-refractivity contribution in [2.45, 2.75) is 16.7 Å². The Kier molecular flexibility index (Phi) is 8.44. The molecule has 0 saturated heterocycles. The van der Waals surface area contributed by atoms with Crippen molar-refractivity contribution in [3.63, 3.8) is 0 Å². The van der Waals surface area contributed by atoms with Crippen LogP contribution < -0.4 is 18.4 Å². The van der Waals surface area contributed by atoms with Crippen molar-refractivity contribution in [3.8, 4) is 23.0 Å². The molecule has 0 saturated carbocycles. The van der Waals surface area contributed by atoms with E-state index in [4.69, 9.17) is 18.4 Å². The second-order valence-electron chi connectivity index (χ2n) is 6.04. The van der Waals surface area contributed by atoms with Gasteiger partial charge >= 0.3 is 10.1 Å². The standard InChI is InChI=1S/C13H12O3S.C9H12O3S/c1-11-7-9-13(10-8-11)17(14,15)16-12-5-3-2-4-6-12;1-10-6-4-7(11-2)9(13)8(5-6)12-3/h2-10H,1H3;4-5,13H,1-3H3. The predicted molar refractivity (Wildman–Crippen MR) is 119 cm³/mol. The number of para-hydroxylation sites is 1. The van der Waals surface area contributed by atoms with Crippen molar-refractivity contribution in [2.24, 2.45) is 0 Å². The van der Waals surface area contributed by atoms with Crippen molar-refractivity contribution in [3.05, 3.63) is 72.3 Å². The van der Waals surface area contributed by atoms with Gasteiger partial charge in [0.1, 0.15) is 27.9 Å². The van der Waals surface area contributed by atoms with Crippen molar-refractivity contribution in [2.75, 3.05) is 21.3 Å². The van der Waals surface area contributed by atoms with Crippen LogP contribution in [-0.2, 0) is 10.1 Å². The summed E-state index contributed by atoms with van der Waals surface area (Å²) in [6.07, 6.45) is 0. The number of ether oxygens (including phenoxy) is 3. The fraction of sp³-hybridized carbons (Fsp3) is 0.182. The maximum Gasteiger partial charge on any atom is 0.339 e. The van der Waals surface area contributed by atoms with Crippen LogP contribution in [0.3, 0.4) is 0 Å². The highest BCUT2D eigenvalue weighted by Gasteiger charge is 2.15. The van der Waals surface area contributed by atoms with Gasteiger partial charge in [0, 0.05) is 12.1 Å². The molecule has 3 rings (SSSR count). The van der Waals surface area contributed by atoms with Crippen LogP contribution in [0.4, 0.5) is 0 Å². The van der Waals surface area contributed by atoms with Gasteiger partial charge in [-0.1, -0.05) is 35.9 Å². The zero-order valence-corrected chi connectivity index (χ0v) is 18.9. The van der Waals surface area contributed by atoms with Crippen LogP contribution in [0.2, 0.25) is 0 Å². The minimum Gasteiger partial charge on any atom is -0.496 e. The van der Waals surface area contributed by atoms with Crippen LogP contribution in [-0.4, -0.2) is 29.7 Å². The average molecular weight is 449 g/mol. The van der Waals surface area contributed by atoms with E-state index >= 15 is 0 Å². The fourth-order valence-corrected chi connectivity index (χ4v) is 3.58. The summed E-state index contributed by atoms with van der Waals surface area (Å²) < 4.78 is 44.0. The highest BCUT2D eigenvalue weighted by molar-refractivity contribution is 7.87. The second kappa shape index (κ2) is 10.8. The molecule has 0 atom stereocenters. The Labute approximate surface area is 182 Å². The summed E-state index contributed by atoms with van der Waals surface area (Å²) in [6, 6.07) is 18.5. The third-order valence-corrected chi connectivity index (χ3v) is 5.65. The number of rotatable bonds is 6. The zero-order chi connectivity index (χ0) is 22.1. The number of thiol groups is 1. The van der Waals surface area contributed by atoms with E-state index in [-0.39, 0.29) is 4.90 Å². The first-order chi connectivity index (χ1) is 14.3. The topological polar surface area (TPSA) is 71.1 Å². The van der Waals surface area contributed by atoms with Crippen LogP contribution in [0.5, 0.6) is 23.0 Å². The van der Waals surface area contributed by atoms with E-state index in [1.54, 1.807) is 75.9 Å². The lowest BCUT2D eigenvalue weighted by atomic mass is 10.2. The van der Waals surface area contributed by atoms with Gasteiger partial charge in [-0.2, -0.15) is 8.42 Å². The second-order valence-corrected chi connectivity index (χ2v) is 8.04. The smallest absolute Gasteiger partial charge is 0.339 e. The third kappa shape index (κ3) is 6.33. The van der Waals surface area contributed by atoms with E-state index in [9.17, 15) is 8.42 Å². The van der Waals surface area contributed by atoms with Gasteiger partial charge in [0.05, 0.1) is 26.2 Å². The van der Waals surface area contributed by atoms with Gasteiger partial charge in [-0.25, -0.2) is 0 Å². The summed E-state index contributed by atoms with van der Waals surface area (Å²) in [7, 11) is 1.01. The SMILES string of the molecule is COc1cc(OC)c(S)c(OC)c1.Cc1ccc(S(=O)(=O)Oc2ccccc2)cc1. The quantitative estimate of drug-likeness (QED) is 0.433. The first-order valence-electron chi connectivity index (χ1n) is 8.86. The lowest BCUT2D eigenvalue weighted by Crippen LogP contribution is -2.09. The number of hydrogen-bond donors (Lipinski definition) is 1. The molecule has 3 aromatic rings. The molecular weight excluding hydrogens is 424 g/mol. The monoisotopic (exact) mass is 448 g/mol. The molecule has 0 aromatic heterocycles. The summed E-state index contributed by atoms with van der Waals surface area (Å²) in [5.41, 5.74) is 1.00. The van der Waals surface area contributed by atoms with Crippen molar-refractivity contribution in [1.82, 2.24) is 0 Å².